The van der Waals surface area contributed by atoms with Crippen molar-refractivity contribution in [3.8, 4) is 0 Å². The highest BCUT2D eigenvalue weighted by atomic mass is 16.5. The molecule has 2 saturated heterocycles. The van der Waals surface area contributed by atoms with Crippen molar-refractivity contribution in [1.82, 2.24) is 20.1 Å². The standard InChI is InChI=1S/C21H30N4O2/c1-24(2)12-17-13-25(18-6-9-27-10-7-18)14-20(17)23-21(26)16-4-3-15-5-8-22-19(15)11-16/h3-5,8,11,17-18,20,22H,6-7,9-10,12-14H2,1-2H3,(H,23,26)/t17-,20-/m1/s1. The molecule has 0 saturated carbocycles. The van der Waals surface area contributed by atoms with E-state index in [1.54, 1.807) is 0 Å². The molecule has 1 amide bonds. The summed E-state index contributed by atoms with van der Waals surface area (Å²) in [5.41, 5.74) is 1.72. The van der Waals surface area contributed by atoms with Gasteiger partial charge < -0.3 is 19.9 Å². The van der Waals surface area contributed by atoms with Crippen LogP contribution >= 0.6 is 0 Å². The molecule has 1 aromatic heterocycles. The van der Waals surface area contributed by atoms with Gasteiger partial charge in [0.25, 0.3) is 5.91 Å². The van der Waals surface area contributed by atoms with E-state index >= 15 is 0 Å². The summed E-state index contributed by atoms with van der Waals surface area (Å²) >= 11 is 0. The first-order valence-corrected chi connectivity index (χ1v) is 9.94. The van der Waals surface area contributed by atoms with Crippen LogP contribution in [-0.4, -0.2) is 79.7 Å². The predicted molar refractivity (Wildman–Crippen MR) is 107 cm³/mol. The number of aromatic nitrogens is 1. The summed E-state index contributed by atoms with van der Waals surface area (Å²) in [6.45, 7) is 4.67. The molecule has 0 unspecified atom stereocenters. The molecular formula is C21H30N4O2. The third-order valence-electron chi connectivity index (χ3n) is 5.91. The Morgan fingerprint density at radius 3 is 2.85 bits per heavy atom. The minimum Gasteiger partial charge on any atom is -0.381 e. The number of hydrogen-bond donors (Lipinski definition) is 2. The summed E-state index contributed by atoms with van der Waals surface area (Å²) < 4.78 is 5.52. The van der Waals surface area contributed by atoms with Crippen molar-refractivity contribution in [1.29, 1.82) is 0 Å². The van der Waals surface area contributed by atoms with Crippen molar-refractivity contribution in [3.63, 3.8) is 0 Å². The highest BCUT2D eigenvalue weighted by molar-refractivity contribution is 5.98. The number of aromatic amines is 1. The minimum absolute atomic E-state index is 0.0223. The fourth-order valence-corrected chi connectivity index (χ4v) is 4.51. The van der Waals surface area contributed by atoms with Gasteiger partial charge in [-0.1, -0.05) is 6.07 Å². The van der Waals surface area contributed by atoms with Crippen molar-refractivity contribution in [3.05, 3.63) is 36.0 Å². The zero-order chi connectivity index (χ0) is 18.8. The maximum Gasteiger partial charge on any atom is 0.251 e. The van der Waals surface area contributed by atoms with Gasteiger partial charge in [0.1, 0.15) is 0 Å². The average Bonchev–Trinajstić information content (AvgIpc) is 3.28. The highest BCUT2D eigenvalue weighted by Gasteiger charge is 2.37. The second-order valence-electron chi connectivity index (χ2n) is 8.18. The maximum absolute atomic E-state index is 12.9. The average molecular weight is 370 g/mol. The van der Waals surface area contributed by atoms with Crippen LogP contribution in [0.25, 0.3) is 10.9 Å². The van der Waals surface area contributed by atoms with E-state index in [2.05, 4.69) is 34.2 Å². The SMILES string of the molecule is CN(C)C[C@@H]1CN(C2CCOCC2)C[C@H]1NC(=O)c1ccc2cc[nH]c2c1. The Hall–Kier alpha value is -1.89. The molecule has 2 fully saturated rings. The Morgan fingerprint density at radius 2 is 2.07 bits per heavy atom. The number of ether oxygens (including phenoxy) is 1. The van der Waals surface area contributed by atoms with E-state index in [1.165, 1.54) is 0 Å². The smallest absolute Gasteiger partial charge is 0.251 e. The number of likely N-dealkylation sites (tertiary alicyclic amines) is 1. The Bertz CT molecular complexity index is 781. The van der Waals surface area contributed by atoms with Crippen molar-refractivity contribution < 1.29 is 9.53 Å². The molecule has 27 heavy (non-hydrogen) atoms. The molecule has 2 N–H and O–H groups in total. The van der Waals surface area contributed by atoms with Crippen LogP contribution in [0.5, 0.6) is 0 Å². The van der Waals surface area contributed by atoms with Crippen molar-refractivity contribution in [2.24, 2.45) is 5.92 Å². The Balaban J connectivity index is 1.46. The molecule has 1 aromatic carbocycles. The zero-order valence-corrected chi connectivity index (χ0v) is 16.3. The van der Waals surface area contributed by atoms with E-state index in [0.29, 0.717) is 12.0 Å². The van der Waals surface area contributed by atoms with Gasteiger partial charge in [-0.2, -0.15) is 0 Å². The number of nitrogens with one attached hydrogen (secondary N) is 2. The lowest BCUT2D eigenvalue weighted by Gasteiger charge is -2.31. The number of carbonyl (C=O) groups is 1. The van der Waals surface area contributed by atoms with E-state index in [9.17, 15) is 4.79 Å². The van der Waals surface area contributed by atoms with E-state index in [4.69, 9.17) is 4.74 Å². The van der Waals surface area contributed by atoms with Gasteiger partial charge in [-0.3, -0.25) is 9.69 Å². The lowest BCUT2D eigenvalue weighted by molar-refractivity contribution is 0.0403. The topological polar surface area (TPSA) is 60.6 Å². The molecule has 0 spiro atoms. The first kappa shape index (κ1) is 18.5. The monoisotopic (exact) mass is 370 g/mol. The largest absolute Gasteiger partial charge is 0.381 e. The number of carbonyl (C=O) groups excluding carboxylic acids is 1. The third kappa shape index (κ3) is 4.18. The molecule has 2 aliphatic rings. The van der Waals surface area contributed by atoms with E-state index in [1.807, 2.05) is 30.5 Å². The van der Waals surface area contributed by atoms with Crippen molar-refractivity contribution in [2.45, 2.75) is 24.9 Å². The van der Waals surface area contributed by atoms with Gasteiger partial charge in [-0.25, -0.2) is 0 Å². The molecule has 0 radical (unpaired) electrons. The number of fused-ring (bicyclic) bond motifs is 1. The van der Waals surface area contributed by atoms with Crippen LogP contribution in [0, 0.1) is 5.92 Å². The van der Waals surface area contributed by atoms with Gasteiger partial charge in [0.15, 0.2) is 0 Å². The molecule has 2 atom stereocenters. The first-order valence-electron chi connectivity index (χ1n) is 9.94. The van der Waals surface area contributed by atoms with Gasteiger partial charge in [-0.15, -0.1) is 0 Å². The maximum atomic E-state index is 12.9. The molecule has 2 aliphatic heterocycles. The normalized spacial score (nSPS) is 24.7. The minimum atomic E-state index is 0.0223. The number of rotatable bonds is 5. The number of nitrogens with zero attached hydrogens (tertiary/aromatic N) is 2. The quantitative estimate of drug-likeness (QED) is 0.844. The number of hydrogen-bond acceptors (Lipinski definition) is 4. The second kappa shape index (κ2) is 8.00. The lowest BCUT2D eigenvalue weighted by Crippen LogP contribution is -2.44. The molecule has 4 rings (SSSR count). The predicted octanol–water partition coefficient (Wildman–Crippen LogP) is 1.94. The Labute approximate surface area is 160 Å². The summed E-state index contributed by atoms with van der Waals surface area (Å²) in [5, 5.41) is 4.45. The summed E-state index contributed by atoms with van der Waals surface area (Å²) in [7, 11) is 4.21. The van der Waals surface area contributed by atoms with Gasteiger partial charge in [0, 0.05) is 68.1 Å². The summed E-state index contributed by atoms with van der Waals surface area (Å²) in [5.74, 6) is 0.468. The zero-order valence-electron chi connectivity index (χ0n) is 16.3. The molecule has 2 aromatic rings. The van der Waals surface area contributed by atoms with Gasteiger partial charge in [0.05, 0.1) is 0 Å². The summed E-state index contributed by atoms with van der Waals surface area (Å²) in [6, 6.07) is 8.64. The van der Waals surface area contributed by atoms with Crippen LogP contribution in [0.15, 0.2) is 30.5 Å². The van der Waals surface area contributed by atoms with Crippen LogP contribution in [0.3, 0.4) is 0 Å². The Morgan fingerprint density at radius 1 is 1.26 bits per heavy atom. The molecule has 0 bridgehead atoms. The van der Waals surface area contributed by atoms with E-state index in [-0.39, 0.29) is 11.9 Å². The van der Waals surface area contributed by atoms with Gasteiger partial charge in [0.2, 0.25) is 0 Å². The van der Waals surface area contributed by atoms with Crippen LogP contribution in [0.2, 0.25) is 0 Å². The second-order valence-corrected chi connectivity index (χ2v) is 8.18. The molecule has 3 heterocycles. The highest BCUT2D eigenvalue weighted by Crippen LogP contribution is 2.25. The van der Waals surface area contributed by atoms with Crippen molar-refractivity contribution >= 4 is 16.8 Å². The fourth-order valence-electron chi connectivity index (χ4n) is 4.51. The number of benzene rings is 1. The van der Waals surface area contributed by atoms with Crippen molar-refractivity contribution in [2.75, 3.05) is 46.9 Å². The molecule has 0 aliphatic carbocycles. The summed E-state index contributed by atoms with van der Waals surface area (Å²) in [6.07, 6.45) is 4.10. The van der Waals surface area contributed by atoms with Crippen LogP contribution in [0.1, 0.15) is 23.2 Å². The lowest BCUT2D eigenvalue weighted by atomic mass is 10.0. The van der Waals surface area contributed by atoms with E-state index in [0.717, 1.165) is 62.2 Å². The first-order chi connectivity index (χ1) is 13.1. The fraction of sp³-hybridized carbons (Fsp3) is 0.571. The number of amides is 1. The molecular weight excluding hydrogens is 340 g/mol. The van der Waals surface area contributed by atoms with Crippen LogP contribution < -0.4 is 5.32 Å². The third-order valence-corrected chi connectivity index (χ3v) is 5.91. The van der Waals surface area contributed by atoms with Crippen LogP contribution in [0.4, 0.5) is 0 Å². The van der Waals surface area contributed by atoms with E-state index < -0.39 is 0 Å². The number of H-pyrrole nitrogens is 1. The van der Waals surface area contributed by atoms with Gasteiger partial charge >= 0.3 is 0 Å². The van der Waals surface area contributed by atoms with Gasteiger partial charge in [-0.05, 0) is 50.5 Å². The molecule has 146 valence electrons. The Kier molecular flexibility index (Phi) is 5.48. The van der Waals surface area contributed by atoms with Crippen LogP contribution in [-0.2, 0) is 4.74 Å². The molecule has 6 heteroatoms. The molecule has 6 nitrogen and oxygen atoms in total. The summed E-state index contributed by atoms with van der Waals surface area (Å²) in [4.78, 5) is 20.9.